The van der Waals surface area contributed by atoms with Crippen LogP contribution >= 0.6 is 10.8 Å². The Morgan fingerprint density at radius 1 is 1.13 bits per heavy atom. The number of aliphatic hydroxyl groups is 1. The molecule has 1 amide bonds. The molecule has 3 unspecified atom stereocenters. The van der Waals surface area contributed by atoms with Gasteiger partial charge >= 0.3 is 0 Å². The third-order valence-electron chi connectivity index (χ3n) is 6.91. The van der Waals surface area contributed by atoms with Crippen LogP contribution in [-0.4, -0.2) is 63.7 Å². The minimum Gasteiger partial charge on any atom is -0.390 e. The maximum Gasteiger partial charge on any atom is 0.254 e. The van der Waals surface area contributed by atoms with E-state index < -0.39 is 34.6 Å². The molecule has 2 aromatic carbocycles. The average molecular weight is 565 g/mol. The number of carbonyl (C=O) groups is 1. The number of rotatable bonds is 13. The van der Waals surface area contributed by atoms with Crippen LogP contribution < -0.4 is 20.3 Å². The minimum atomic E-state index is -3.19. The van der Waals surface area contributed by atoms with Crippen LogP contribution in [0.4, 0.5) is 15.8 Å². The zero-order valence-corrected chi connectivity index (χ0v) is 24.3. The van der Waals surface area contributed by atoms with Crippen LogP contribution in [0.25, 0.3) is 0 Å². The second-order valence-corrected chi connectivity index (χ2v) is 12.9. The number of anilines is 2. The molecule has 39 heavy (non-hydrogen) atoms. The molecule has 1 heterocycles. The normalized spacial score (nSPS) is 18.3. The molecule has 1 aliphatic heterocycles. The predicted octanol–water partition coefficient (Wildman–Crippen LogP) is 5.25. The molecule has 0 radical (unpaired) electrons. The largest absolute Gasteiger partial charge is 0.390 e. The van der Waals surface area contributed by atoms with Crippen molar-refractivity contribution in [3.8, 4) is 0 Å². The van der Waals surface area contributed by atoms with Crippen molar-refractivity contribution in [2.24, 2.45) is 5.92 Å². The minimum absolute atomic E-state index is 0.0114. The molecule has 3 rings (SSSR count). The number of aliphatic hydroxyl groups excluding tert-OH is 1. The number of nitrogens with one attached hydrogen (secondary N) is 3. The molecule has 0 bridgehead atoms. The second kappa shape index (κ2) is 14.3. The number of hydrogen-bond donors (Lipinski definition) is 6. The summed E-state index contributed by atoms with van der Waals surface area (Å²) in [6, 6.07) is 12.0. The van der Waals surface area contributed by atoms with E-state index in [0.717, 1.165) is 12.0 Å². The highest BCUT2D eigenvalue weighted by molar-refractivity contribution is 8.25. The molecule has 1 aliphatic rings. The van der Waals surface area contributed by atoms with E-state index in [0.29, 0.717) is 37.4 Å². The summed E-state index contributed by atoms with van der Waals surface area (Å²) in [4.78, 5) is 13.6. The molecule has 6 N–H and O–H groups in total. The molecular weight excluding hydrogens is 519 g/mol. The monoisotopic (exact) mass is 564 g/mol. The van der Waals surface area contributed by atoms with E-state index >= 15 is 4.39 Å². The van der Waals surface area contributed by atoms with E-state index in [1.807, 2.05) is 37.3 Å². The zero-order chi connectivity index (χ0) is 28.6. The lowest BCUT2D eigenvalue weighted by molar-refractivity contribution is 0.0821. The third kappa shape index (κ3) is 8.81. The summed E-state index contributed by atoms with van der Waals surface area (Å²) in [6.45, 7) is 9.32. The van der Waals surface area contributed by atoms with Crippen LogP contribution in [0.3, 0.4) is 0 Å². The third-order valence-corrected chi connectivity index (χ3v) is 8.83. The summed E-state index contributed by atoms with van der Waals surface area (Å²) in [7, 11) is -3.19. The maximum absolute atomic E-state index is 15.9. The Kier molecular flexibility index (Phi) is 11.4. The van der Waals surface area contributed by atoms with E-state index in [-0.39, 0.29) is 36.1 Å². The van der Waals surface area contributed by atoms with Gasteiger partial charge in [-0.3, -0.25) is 18.2 Å². The van der Waals surface area contributed by atoms with E-state index in [1.54, 1.807) is 0 Å². The molecule has 0 saturated carbocycles. The van der Waals surface area contributed by atoms with Gasteiger partial charge in [0.25, 0.3) is 5.91 Å². The molecule has 218 valence electrons. The van der Waals surface area contributed by atoms with E-state index in [4.69, 9.17) is 0 Å². The number of amides is 1. The van der Waals surface area contributed by atoms with Crippen LogP contribution in [-0.2, 0) is 6.42 Å². The van der Waals surface area contributed by atoms with Crippen molar-refractivity contribution in [2.45, 2.75) is 71.6 Å². The Labute approximate surface area is 233 Å². The van der Waals surface area contributed by atoms with Crippen molar-refractivity contribution < 1.29 is 23.4 Å². The van der Waals surface area contributed by atoms with E-state index in [2.05, 4.69) is 36.7 Å². The lowest BCUT2D eigenvalue weighted by atomic mass is 9.99. The molecule has 0 aromatic heterocycles. The molecule has 10 heteroatoms. The summed E-state index contributed by atoms with van der Waals surface area (Å²) >= 11 is 0. The van der Waals surface area contributed by atoms with Gasteiger partial charge in [-0.1, -0.05) is 44.2 Å². The molecule has 3 atom stereocenters. The number of carbonyl (C=O) groups excluding carboxylic acids is 1. The van der Waals surface area contributed by atoms with Gasteiger partial charge < -0.3 is 21.1 Å². The van der Waals surface area contributed by atoms with Crippen LogP contribution in [0.5, 0.6) is 0 Å². The van der Waals surface area contributed by atoms with Crippen LogP contribution in [0, 0.1) is 11.7 Å². The predicted molar refractivity (Wildman–Crippen MR) is 159 cm³/mol. The van der Waals surface area contributed by atoms with Gasteiger partial charge in [0.2, 0.25) is 0 Å². The summed E-state index contributed by atoms with van der Waals surface area (Å²) in [6.07, 6.45) is 1.72. The summed E-state index contributed by atoms with van der Waals surface area (Å²) in [5.41, 5.74) is 1.21. The SMILES string of the molecule is CCNc1cc(C(=O)NC(Cc2ccccc2)C(O)CNC(C)CC(C)C)c(F)c(N2CCCCS2(O)O)c1. The smallest absolute Gasteiger partial charge is 0.254 e. The first-order valence-corrected chi connectivity index (χ1v) is 15.6. The van der Waals surface area contributed by atoms with E-state index in [1.165, 1.54) is 16.4 Å². The first kappa shape index (κ1) is 31.2. The van der Waals surface area contributed by atoms with Gasteiger partial charge in [0.15, 0.2) is 5.82 Å². The molecule has 1 saturated heterocycles. The molecule has 2 aromatic rings. The lowest BCUT2D eigenvalue weighted by Crippen LogP contribution is -2.50. The van der Waals surface area contributed by atoms with Gasteiger partial charge in [0, 0.05) is 31.4 Å². The van der Waals surface area contributed by atoms with Crippen molar-refractivity contribution in [1.29, 1.82) is 0 Å². The van der Waals surface area contributed by atoms with Crippen molar-refractivity contribution in [2.75, 3.05) is 35.0 Å². The lowest BCUT2D eigenvalue weighted by Gasteiger charge is -2.47. The van der Waals surface area contributed by atoms with Gasteiger partial charge in [-0.05, 0) is 63.1 Å². The first-order chi connectivity index (χ1) is 18.5. The molecular formula is C29H45FN4O4S. The first-order valence-electron chi connectivity index (χ1n) is 13.9. The number of nitrogens with zero attached hydrogens (tertiary/aromatic N) is 1. The highest BCUT2D eigenvalue weighted by atomic mass is 32.3. The number of benzene rings is 2. The quantitative estimate of drug-likeness (QED) is 0.197. The van der Waals surface area contributed by atoms with Crippen molar-refractivity contribution in [3.63, 3.8) is 0 Å². The van der Waals surface area contributed by atoms with Gasteiger partial charge in [0.1, 0.15) is 0 Å². The van der Waals surface area contributed by atoms with Gasteiger partial charge in [-0.15, -0.1) is 10.8 Å². The van der Waals surface area contributed by atoms with Gasteiger partial charge in [-0.2, -0.15) is 0 Å². The Bertz CT molecular complexity index is 1070. The fourth-order valence-corrected chi connectivity index (χ4v) is 6.68. The summed E-state index contributed by atoms with van der Waals surface area (Å²) in [5, 5.41) is 20.5. The van der Waals surface area contributed by atoms with E-state index in [9.17, 15) is 19.0 Å². The fourth-order valence-electron chi connectivity index (χ4n) is 5.00. The van der Waals surface area contributed by atoms with Gasteiger partial charge in [-0.25, -0.2) is 4.39 Å². The summed E-state index contributed by atoms with van der Waals surface area (Å²) < 4.78 is 38.5. The van der Waals surface area contributed by atoms with Crippen LogP contribution in [0.2, 0.25) is 0 Å². The zero-order valence-electron chi connectivity index (χ0n) is 23.5. The Balaban J connectivity index is 1.89. The topological polar surface area (TPSA) is 117 Å². The Morgan fingerprint density at radius 2 is 1.85 bits per heavy atom. The van der Waals surface area contributed by atoms with Crippen molar-refractivity contribution in [1.82, 2.24) is 10.6 Å². The molecule has 0 spiro atoms. The highest BCUT2D eigenvalue weighted by Crippen LogP contribution is 2.50. The standard InChI is InChI=1S/C29H45FN4O4S/c1-5-31-23-17-24(28(30)26(18-23)34-13-9-10-14-39(34,37)38)29(36)33-25(16-22-11-7-6-8-12-22)27(35)19-32-21(4)15-20(2)3/h6-8,11-12,17-18,20-21,25,27,31-32,35,37-38H,5,9-10,13-16,19H2,1-4H3,(H,33,36). The van der Waals surface area contributed by atoms with Crippen LogP contribution in [0.15, 0.2) is 42.5 Å². The Hall–Kier alpha value is -2.37. The number of halogens is 1. The van der Waals surface area contributed by atoms with Gasteiger partial charge in [0.05, 0.1) is 29.1 Å². The second-order valence-electron chi connectivity index (χ2n) is 10.8. The highest BCUT2D eigenvalue weighted by Gasteiger charge is 2.32. The maximum atomic E-state index is 15.9. The van der Waals surface area contributed by atoms with Crippen molar-refractivity contribution in [3.05, 3.63) is 59.4 Å². The van der Waals surface area contributed by atoms with Crippen LogP contribution in [0.1, 0.15) is 62.9 Å². The Morgan fingerprint density at radius 3 is 2.49 bits per heavy atom. The fraction of sp³-hybridized carbons (Fsp3) is 0.552. The molecule has 0 aliphatic carbocycles. The van der Waals surface area contributed by atoms with Crippen molar-refractivity contribution >= 4 is 28.1 Å². The number of hydrogen-bond acceptors (Lipinski definition) is 7. The average Bonchev–Trinajstić information content (AvgIpc) is 2.88. The molecule has 1 fully saturated rings. The summed E-state index contributed by atoms with van der Waals surface area (Å²) in [5.74, 6) is -0.818. The molecule has 8 nitrogen and oxygen atoms in total.